The van der Waals surface area contributed by atoms with Gasteiger partial charge < -0.3 is 15.0 Å². The molecule has 0 radical (unpaired) electrons. The average Bonchev–Trinajstić information content (AvgIpc) is 3.02. The zero-order valence-electron chi connectivity index (χ0n) is 16.5. The molecule has 0 saturated carbocycles. The lowest BCUT2D eigenvalue weighted by molar-refractivity contribution is -0.141. The molecule has 3 rings (SSSR count). The lowest BCUT2D eigenvalue weighted by Gasteiger charge is -2.29. The molecule has 1 saturated heterocycles. The molecule has 3 unspecified atom stereocenters. The Hall–Kier alpha value is -2.07. The molecule has 1 fully saturated rings. The number of ether oxygens (including phenoxy) is 1. The number of carbonyl (C=O) groups is 3. The van der Waals surface area contributed by atoms with Gasteiger partial charge in [-0.2, -0.15) is 0 Å². The predicted octanol–water partition coefficient (Wildman–Crippen LogP) is 1.70. The Labute approximate surface area is 174 Å². The molecule has 1 N–H and O–H groups in total. The Balaban J connectivity index is 1.68. The minimum Gasteiger partial charge on any atom is -0.449 e. The van der Waals surface area contributed by atoms with E-state index in [-0.39, 0.29) is 28.2 Å². The molecule has 1 aromatic rings. The summed E-state index contributed by atoms with van der Waals surface area (Å²) < 4.78 is 28.8. The number of nitrogens with one attached hydrogen (secondary N) is 1. The van der Waals surface area contributed by atoms with Crippen molar-refractivity contribution in [1.82, 2.24) is 4.90 Å². The molecular formula is C19H24N2O6S2. The number of anilines is 1. The first-order valence-corrected chi connectivity index (χ1v) is 12.1. The van der Waals surface area contributed by atoms with Gasteiger partial charge in [0.05, 0.1) is 28.0 Å². The van der Waals surface area contributed by atoms with Crippen molar-refractivity contribution in [3.05, 3.63) is 23.8 Å². The number of benzene rings is 1. The number of sulfone groups is 1. The lowest BCUT2D eigenvalue weighted by atomic mass is 10.1. The standard InChI is InChI=1S/C19H24N2O6S2/c1-4-21(14-7-8-29(25,26)10-14)18(23)11(2)27-19(24)13-5-6-16-15(9-13)20-17(22)12(3)28-16/h5-6,9,11-12,14H,4,7-8,10H2,1-3H3,(H,20,22). The molecule has 10 heteroatoms. The van der Waals surface area contributed by atoms with Crippen molar-refractivity contribution in [3.63, 3.8) is 0 Å². The molecule has 29 heavy (non-hydrogen) atoms. The predicted molar refractivity (Wildman–Crippen MR) is 110 cm³/mol. The SMILES string of the molecule is CCN(C(=O)C(C)OC(=O)c1ccc2c(c1)NC(=O)C(C)S2)C1CCS(=O)(=O)C1. The topological polar surface area (TPSA) is 110 Å². The minimum atomic E-state index is -3.13. The molecule has 2 aliphatic heterocycles. The van der Waals surface area contributed by atoms with Crippen LogP contribution in [0.5, 0.6) is 0 Å². The van der Waals surface area contributed by atoms with Gasteiger partial charge in [0.25, 0.3) is 5.91 Å². The van der Waals surface area contributed by atoms with Crippen molar-refractivity contribution >= 4 is 45.1 Å². The fourth-order valence-corrected chi connectivity index (χ4v) is 6.12. The number of hydrogen-bond acceptors (Lipinski definition) is 7. The van der Waals surface area contributed by atoms with Crippen molar-refractivity contribution in [2.45, 2.75) is 49.5 Å². The average molecular weight is 441 g/mol. The highest BCUT2D eigenvalue weighted by Crippen LogP contribution is 2.36. The third-order valence-electron chi connectivity index (χ3n) is 5.05. The Morgan fingerprint density at radius 2 is 2.10 bits per heavy atom. The molecule has 8 nitrogen and oxygen atoms in total. The summed E-state index contributed by atoms with van der Waals surface area (Å²) in [6, 6.07) is 4.47. The van der Waals surface area contributed by atoms with Crippen LogP contribution in [0.2, 0.25) is 0 Å². The monoisotopic (exact) mass is 440 g/mol. The molecule has 0 aromatic heterocycles. The molecule has 2 heterocycles. The molecule has 3 atom stereocenters. The van der Waals surface area contributed by atoms with E-state index in [1.165, 1.54) is 29.7 Å². The largest absolute Gasteiger partial charge is 0.449 e. The van der Waals surface area contributed by atoms with Crippen LogP contribution in [-0.2, 0) is 24.2 Å². The maximum Gasteiger partial charge on any atom is 0.338 e. The number of carbonyl (C=O) groups excluding carboxylic acids is 3. The van der Waals surface area contributed by atoms with Crippen molar-refractivity contribution in [2.24, 2.45) is 0 Å². The van der Waals surface area contributed by atoms with Crippen LogP contribution in [0.15, 0.2) is 23.1 Å². The fraction of sp³-hybridized carbons (Fsp3) is 0.526. The molecule has 2 amide bonds. The van der Waals surface area contributed by atoms with Crippen LogP contribution in [0.25, 0.3) is 0 Å². The van der Waals surface area contributed by atoms with Crippen LogP contribution in [0, 0.1) is 0 Å². The van der Waals surface area contributed by atoms with Gasteiger partial charge in [0.1, 0.15) is 0 Å². The van der Waals surface area contributed by atoms with Crippen molar-refractivity contribution in [2.75, 3.05) is 23.4 Å². The highest BCUT2D eigenvalue weighted by atomic mass is 32.2. The number of nitrogens with zero attached hydrogens (tertiary/aromatic N) is 1. The summed E-state index contributed by atoms with van der Waals surface area (Å²) in [5.41, 5.74) is 0.767. The Morgan fingerprint density at radius 3 is 2.72 bits per heavy atom. The molecule has 158 valence electrons. The molecular weight excluding hydrogens is 416 g/mol. The quantitative estimate of drug-likeness (QED) is 0.694. The number of thioether (sulfide) groups is 1. The summed E-state index contributed by atoms with van der Waals surface area (Å²) in [6.07, 6.45) is -0.658. The number of likely N-dealkylation sites (N-methyl/N-ethyl adjacent to an activating group) is 1. The summed E-state index contributed by atoms with van der Waals surface area (Å²) in [5, 5.41) is 2.54. The van der Waals surface area contributed by atoms with Gasteiger partial charge in [0.15, 0.2) is 15.9 Å². The normalized spacial score (nSPS) is 23.6. The van der Waals surface area contributed by atoms with Gasteiger partial charge in [-0.05, 0) is 45.4 Å². The first kappa shape index (κ1) is 21.6. The first-order valence-electron chi connectivity index (χ1n) is 9.44. The van der Waals surface area contributed by atoms with Crippen molar-refractivity contribution in [1.29, 1.82) is 0 Å². The van der Waals surface area contributed by atoms with E-state index in [1.807, 2.05) is 0 Å². The number of esters is 1. The minimum absolute atomic E-state index is 0.0617. The van der Waals surface area contributed by atoms with Gasteiger partial charge in [0, 0.05) is 17.5 Å². The van der Waals surface area contributed by atoms with Gasteiger partial charge in [-0.1, -0.05) is 0 Å². The van der Waals surface area contributed by atoms with Crippen molar-refractivity contribution < 1.29 is 27.5 Å². The summed E-state index contributed by atoms with van der Waals surface area (Å²) in [7, 11) is -3.13. The van der Waals surface area contributed by atoms with E-state index >= 15 is 0 Å². The van der Waals surface area contributed by atoms with Gasteiger partial charge >= 0.3 is 5.97 Å². The van der Waals surface area contributed by atoms with E-state index in [0.717, 1.165) is 4.90 Å². The molecule has 0 bridgehead atoms. The lowest BCUT2D eigenvalue weighted by Crippen LogP contribution is -2.46. The zero-order chi connectivity index (χ0) is 21.3. The second kappa shape index (κ2) is 8.35. The second-order valence-electron chi connectivity index (χ2n) is 7.19. The smallest absolute Gasteiger partial charge is 0.338 e. The van der Waals surface area contributed by atoms with Gasteiger partial charge in [-0.25, -0.2) is 13.2 Å². The summed E-state index contributed by atoms with van der Waals surface area (Å²) in [5.74, 6) is -1.23. The van der Waals surface area contributed by atoms with Crippen LogP contribution < -0.4 is 5.32 Å². The third-order valence-corrected chi connectivity index (χ3v) is 7.98. The van der Waals surface area contributed by atoms with E-state index < -0.39 is 33.9 Å². The summed E-state index contributed by atoms with van der Waals surface area (Å²) in [6.45, 7) is 5.38. The molecule has 2 aliphatic rings. The maximum atomic E-state index is 12.7. The van der Waals surface area contributed by atoms with Crippen LogP contribution >= 0.6 is 11.8 Å². The summed E-state index contributed by atoms with van der Waals surface area (Å²) in [4.78, 5) is 39.4. The highest BCUT2D eigenvalue weighted by molar-refractivity contribution is 8.01. The van der Waals surface area contributed by atoms with E-state index in [4.69, 9.17) is 4.74 Å². The Morgan fingerprint density at radius 1 is 1.38 bits per heavy atom. The van der Waals surface area contributed by atoms with Gasteiger partial charge in [-0.15, -0.1) is 11.8 Å². The number of amides is 2. The van der Waals surface area contributed by atoms with Gasteiger partial charge in [0.2, 0.25) is 5.91 Å². The highest BCUT2D eigenvalue weighted by Gasteiger charge is 2.36. The third kappa shape index (κ3) is 4.75. The molecule has 0 spiro atoms. The van der Waals surface area contributed by atoms with E-state index in [0.29, 0.717) is 18.7 Å². The van der Waals surface area contributed by atoms with E-state index in [1.54, 1.807) is 26.0 Å². The maximum absolute atomic E-state index is 12.7. The van der Waals surface area contributed by atoms with Crippen LogP contribution in [0.1, 0.15) is 37.6 Å². The Bertz CT molecular complexity index is 946. The Kier molecular flexibility index (Phi) is 6.23. The fourth-order valence-electron chi connectivity index (χ4n) is 3.46. The molecule has 1 aromatic carbocycles. The number of hydrogen-bond donors (Lipinski definition) is 1. The first-order chi connectivity index (χ1) is 13.6. The van der Waals surface area contributed by atoms with Gasteiger partial charge in [-0.3, -0.25) is 9.59 Å². The van der Waals surface area contributed by atoms with Crippen molar-refractivity contribution in [3.8, 4) is 0 Å². The second-order valence-corrected chi connectivity index (χ2v) is 10.8. The summed E-state index contributed by atoms with van der Waals surface area (Å²) >= 11 is 1.41. The molecule has 0 aliphatic carbocycles. The number of fused-ring (bicyclic) bond motifs is 1. The van der Waals surface area contributed by atoms with Crippen LogP contribution in [0.4, 0.5) is 5.69 Å². The van der Waals surface area contributed by atoms with E-state index in [2.05, 4.69) is 5.32 Å². The number of rotatable bonds is 5. The van der Waals surface area contributed by atoms with E-state index in [9.17, 15) is 22.8 Å². The van der Waals surface area contributed by atoms with Crippen LogP contribution in [-0.4, -0.2) is 66.5 Å². The van der Waals surface area contributed by atoms with Crippen LogP contribution in [0.3, 0.4) is 0 Å². The zero-order valence-corrected chi connectivity index (χ0v) is 18.1.